The van der Waals surface area contributed by atoms with Crippen LogP contribution in [0.2, 0.25) is 5.02 Å². The van der Waals surface area contributed by atoms with E-state index in [0.717, 1.165) is 25.9 Å². The third kappa shape index (κ3) is 3.51. The van der Waals surface area contributed by atoms with Gasteiger partial charge in [-0.15, -0.1) is 4.48 Å². The van der Waals surface area contributed by atoms with Crippen LogP contribution in [-0.2, 0) is 22.9 Å². The quantitative estimate of drug-likeness (QED) is 0.783. The number of nitrogens with zero attached hydrogens (tertiary/aromatic N) is 2. The van der Waals surface area contributed by atoms with Crippen molar-refractivity contribution in [3.8, 4) is 0 Å². The van der Waals surface area contributed by atoms with E-state index >= 15 is 0 Å². The lowest BCUT2D eigenvalue weighted by Gasteiger charge is -2.25. The largest absolute Gasteiger partial charge is 0.348 e. The Hall–Kier alpha value is -1.83. The van der Waals surface area contributed by atoms with Crippen LogP contribution in [0.3, 0.4) is 0 Å². The van der Waals surface area contributed by atoms with Crippen molar-refractivity contribution in [1.82, 2.24) is 15.0 Å². The Morgan fingerprint density at radius 3 is 2.67 bits per heavy atom. The molecular formula is C19H21ClFN3O2S. The fraction of sp³-hybridized carbons (Fsp3) is 0.368. The van der Waals surface area contributed by atoms with Crippen LogP contribution in [0, 0.1) is 5.92 Å². The fourth-order valence-corrected chi connectivity index (χ4v) is 5.79. The molecule has 5 nitrogen and oxygen atoms in total. The average molecular weight is 410 g/mol. The van der Waals surface area contributed by atoms with Gasteiger partial charge in [0.05, 0.1) is 21.4 Å². The van der Waals surface area contributed by atoms with Gasteiger partial charge in [-0.1, -0.05) is 23.7 Å². The molecule has 1 aromatic carbocycles. The van der Waals surface area contributed by atoms with Crippen molar-refractivity contribution in [3.05, 3.63) is 52.9 Å². The van der Waals surface area contributed by atoms with Gasteiger partial charge in [0.15, 0.2) is 0 Å². The molecule has 0 atom stereocenters. The zero-order valence-corrected chi connectivity index (χ0v) is 16.3. The Bertz CT molecular complexity index is 981. The predicted molar refractivity (Wildman–Crippen MR) is 103 cm³/mol. The summed E-state index contributed by atoms with van der Waals surface area (Å²) in [4.78, 5) is 0.258. The normalized spacial score (nSPS) is 17.9. The van der Waals surface area contributed by atoms with E-state index in [1.54, 1.807) is 24.4 Å². The zero-order chi connectivity index (χ0) is 19.0. The fourth-order valence-electron chi connectivity index (χ4n) is 3.79. The Morgan fingerprint density at radius 2 is 1.93 bits per heavy atom. The number of aromatic nitrogens is 1. The van der Waals surface area contributed by atoms with Crippen molar-refractivity contribution in [1.29, 1.82) is 0 Å². The summed E-state index contributed by atoms with van der Waals surface area (Å²) in [6.45, 7) is 2.63. The molecule has 0 bridgehead atoms. The molecule has 0 saturated carbocycles. The van der Waals surface area contributed by atoms with Gasteiger partial charge >= 0.3 is 0 Å². The molecule has 0 aliphatic carbocycles. The van der Waals surface area contributed by atoms with Crippen LogP contribution in [0.25, 0.3) is 6.08 Å². The van der Waals surface area contributed by atoms with Crippen LogP contribution < -0.4 is 5.32 Å². The zero-order valence-electron chi connectivity index (χ0n) is 14.7. The number of halogens is 2. The lowest BCUT2D eigenvalue weighted by atomic mass is 9.98. The third-order valence-electron chi connectivity index (χ3n) is 5.23. The average Bonchev–Trinajstić information content (AvgIpc) is 3.01. The summed E-state index contributed by atoms with van der Waals surface area (Å²) >= 11 is 6.15. The van der Waals surface area contributed by atoms with Gasteiger partial charge in [-0.3, -0.25) is 0 Å². The first kappa shape index (κ1) is 18.5. The summed E-state index contributed by atoms with van der Waals surface area (Å²) in [7, 11) is -3.81. The molecule has 0 unspecified atom stereocenters. The molecular weight excluding hydrogens is 389 g/mol. The van der Waals surface area contributed by atoms with Crippen molar-refractivity contribution < 1.29 is 12.9 Å². The van der Waals surface area contributed by atoms with Crippen LogP contribution >= 0.6 is 11.6 Å². The Kier molecular flexibility index (Phi) is 5.01. The maximum Gasteiger partial charge on any atom is 0.210 e. The Labute approximate surface area is 163 Å². The molecule has 4 rings (SSSR count). The van der Waals surface area contributed by atoms with Crippen LogP contribution in [0.15, 0.2) is 46.5 Å². The minimum atomic E-state index is -3.81. The number of sulfone groups is 1. The molecule has 1 fully saturated rings. The summed E-state index contributed by atoms with van der Waals surface area (Å²) in [6.07, 6.45) is 6.49. The van der Waals surface area contributed by atoms with E-state index in [0.29, 0.717) is 28.8 Å². The van der Waals surface area contributed by atoms with Gasteiger partial charge in [-0.25, -0.2) is 13.5 Å². The van der Waals surface area contributed by atoms with Crippen molar-refractivity contribution >= 4 is 27.5 Å². The minimum Gasteiger partial charge on any atom is -0.348 e. The first-order chi connectivity index (χ1) is 13.0. The van der Waals surface area contributed by atoms with Gasteiger partial charge in [0.25, 0.3) is 0 Å². The Balaban J connectivity index is 1.79. The van der Waals surface area contributed by atoms with Crippen LogP contribution in [0.1, 0.15) is 24.1 Å². The number of fused-ring (bicyclic) bond motifs is 1. The molecule has 1 aromatic heterocycles. The van der Waals surface area contributed by atoms with Gasteiger partial charge in [-0.2, -0.15) is 0 Å². The molecule has 1 N–H and O–H groups in total. The number of rotatable bonds is 4. The van der Waals surface area contributed by atoms with E-state index in [9.17, 15) is 12.9 Å². The molecule has 2 aliphatic heterocycles. The van der Waals surface area contributed by atoms with Gasteiger partial charge in [-0.05, 0) is 50.1 Å². The SMILES string of the molecule is O=S(=O)(c1ccccc1Cl)c1cn(CC2CCNCC2)c2c1C=CN(F)C2. The van der Waals surface area contributed by atoms with Gasteiger partial charge in [0.1, 0.15) is 0 Å². The number of hydrogen-bond acceptors (Lipinski definition) is 4. The lowest BCUT2D eigenvalue weighted by molar-refractivity contribution is 0.0757. The number of hydrogen-bond donors (Lipinski definition) is 1. The van der Waals surface area contributed by atoms with Crippen molar-refractivity contribution in [2.24, 2.45) is 5.92 Å². The summed E-state index contributed by atoms with van der Waals surface area (Å²) in [5.41, 5.74) is 1.24. The van der Waals surface area contributed by atoms with E-state index in [-0.39, 0.29) is 21.4 Å². The number of piperidine rings is 1. The number of benzene rings is 1. The minimum absolute atomic E-state index is 0.0366. The molecule has 3 heterocycles. The second kappa shape index (κ2) is 7.30. The van der Waals surface area contributed by atoms with Crippen molar-refractivity contribution in [2.75, 3.05) is 13.1 Å². The maximum atomic E-state index is 13.9. The highest BCUT2D eigenvalue weighted by atomic mass is 35.5. The molecule has 8 heteroatoms. The van der Waals surface area contributed by atoms with E-state index in [4.69, 9.17) is 11.6 Å². The molecule has 27 heavy (non-hydrogen) atoms. The summed E-state index contributed by atoms with van der Waals surface area (Å²) < 4.78 is 42.3. The van der Waals surface area contributed by atoms with Crippen LogP contribution in [0.5, 0.6) is 0 Å². The van der Waals surface area contributed by atoms with Gasteiger partial charge < -0.3 is 9.88 Å². The standard InChI is InChI=1S/C19H21ClFN3O2S/c20-16-3-1-2-4-18(16)27(25,26)19-13-23(11-14-5-8-22-9-6-14)17-12-24(21)10-7-15(17)19/h1-4,7,10,13-14,22H,5-6,8-9,11-12H2. The molecule has 2 aromatic rings. The van der Waals surface area contributed by atoms with E-state index in [2.05, 4.69) is 5.32 Å². The summed E-state index contributed by atoms with van der Waals surface area (Å²) in [5.74, 6) is 0.442. The van der Waals surface area contributed by atoms with E-state index < -0.39 is 9.84 Å². The molecule has 1 saturated heterocycles. The maximum absolute atomic E-state index is 13.9. The topological polar surface area (TPSA) is 54.3 Å². The van der Waals surface area contributed by atoms with Gasteiger partial charge in [0, 0.05) is 30.2 Å². The summed E-state index contributed by atoms with van der Waals surface area (Å²) in [6, 6.07) is 6.41. The van der Waals surface area contributed by atoms with Gasteiger partial charge in [0.2, 0.25) is 9.84 Å². The highest BCUT2D eigenvalue weighted by molar-refractivity contribution is 7.91. The Morgan fingerprint density at radius 1 is 1.19 bits per heavy atom. The monoisotopic (exact) mass is 409 g/mol. The molecule has 0 spiro atoms. The van der Waals surface area contributed by atoms with Crippen molar-refractivity contribution in [2.45, 2.75) is 35.7 Å². The highest BCUT2D eigenvalue weighted by Crippen LogP contribution is 2.35. The first-order valence-corrected chi connectivity index (χ1v) is 10.9. The van der Waals surface area contributed by atoms with Crippen LogP contribution in [0.4, 0.5) is 4.48 Å². The smallest absolute Gasteiger partial charge is 0.210 e. The lowest BCUT2D eigenvalue weighted by Crippen LogP contribution is -2.30. The third-order valence-corrected chi connectivity index (χ3v) is 7.51. The second-order valence-electron chi connectivity index (χ2n) is 7.01. The van der Waals surface area contributed by atoms with E-state index in [1.807, 2.05) is 4.57 Å². The van der Waals surface area contributed by atoms with E-state index in [1.165, 1.54) is 18.3 Å². The molecule has 144 valence electrons. The summed E-state index contributed by atoms with van der Waals surface area (Å²) in [5, 5.41) is 4.09. The molecule has 2 aliphatic rings. The second-order valence-corrected chi connectivity index (χ2v) is 9.30. The molecule has 0 radical (unpaired) electrons. The van der Waals surface area contributed by atoms with Crippen molar-refractivity contribution in [3.63, 3.8) is 0 Å². The number of nitrogens with one attached hydrogen (secondary N) is 1. The van der Waals surface area contributed by atoms with Crippen LogP contribution in [-0.4, -0.2) is 31.2 Å². The predicted octanol–water partition coefficient (Wildman–Crippen LogP) is 3.64. The molecule has 0 amide bonds. The highest BCUT2D eigenvalue weighted by Gasteiger charge is 2.30. The first-order valence-electron chi connectivity index (χ1n) is 9.00.